The summed E-state index contributed by atoms with van der Waals surface area (Å²) in [5, 5.41) is 6.11. The second-order valence-electron chi connectivity index (χ2n) is 5.25. The summed E-state index contributed by atoms with van der Waals surface area (Å²) in [5.41, 5.74) is 2.83. The van der Waals surface area contributed by atoms with Crippen LogP contribution in [0.2, 0.25) is 0 Å². The minimum Gasteiger partial charge on any atom is -0.298 e. The van der Waals surface area contributed by atoms with Crippen molar-refractivity contribution < 1.29 is 4.79 Å². The van der Waals surface area contributed by atoms with Crippen LogP contribution in [-0.4, -0.2) is 15.9 Å². The zero-order chi connectivity index (χ0) is 17.1. The van der Waals surface area contributed by atoms with Crippen LogP contribution in [0.4, 0.5) is 5.13 Å². The molecule has 0 saturated heterocycles. The summed E-state index contributed by atoms with van der Waals surface area (Å²) in [7, 11) is 0. The Bertz CT molecular complexity index is 1020. The van der Waals surface area contributed by atoms with Gasteiger partial charge in [0.05, 0.1) is 15.9 Å². The quantitative estimate of drug-likeness (QED) is 0.515. The number of para-hydroxylation sites is 1. The molecule has 4 aromatic rings. The largest absolute Gasteiger partial charge is 0.298 e. The van der Waals surface area contributed by atoms with Crippen molar-refractivity contribution in [3.63, 3.8) is 0 Å². The summed E-state index contributed by atoms with van der Waals surface area (Å²) < 4.78 is 1.11. The van der Waals surface area contributed by atoms with Gasteiger partial charge >= 0.3 is 0 Å². The molecule has 4 rings (SSSR count). The van der Waals surface area contributed by atoms with Gasteiger partial charge in [0, 0.05) is 17.0 Å². The number of amides is 1. The van der Waals surface area contributed by atoms with E-state index >= 15 is 0 Å². The fourth-order valence-corrected chi connectivity index (χ4v) is 3.92. The Kier molecular flexibility index (Phi) is 4.37. The maximum Gasteiger partial charge on any atom is 0.250 e. The SMILES string of the molecule is O=C(/C=C/c1nc2ccccc2s1)Nc1nc(-c2ccccc2)cs1. The van der Waals surface area contributed by atoms with Crippen molar-refractivity contribution in [1.82, 2.24) is 9.97 Å². The molecule has 2 heterocycles. The second kappa shape index (κ2) is 6.96. The molecule has 0 spiro atoms. The van der Waals surface area contributed by atoms with Gasteiger partial charge in [0.25, 0.3) is 0 Å². The van der Waals surface area contributed by atoms with E-state index < -0.39 is 0 Å². The van der Waals surface area contributed by atoms with Crippen LogP contribution in [0.1, 0.15) is 5.01 Å². The number of thiazole rings is 2. The minimum absolute atomic E-state index is 0.215. The van der Waals surface area contributed by atoms with Crippen LogP contribution in [0.3, 0.4) is 0 Å². The van der Waals surface area contributed by atoms with Crippen molar-refractivity contribution in [2.24, 2.45) is 0 Å². The molecule has 0 radical (unpaired) electrons. The predicted molar refractivity (Wildman–Crippen MR) is 105 cm³/mol. The molecule has 6 heteroatoms. The highest BCUT2D eigenvalue weighted by molar-refractivity contribution is 7.19. The first kappa shape index (κ1) is 15.7. The Morgan fingerprint density at radius 2 is 1.80 bits per heavy atom. The van der Waals surface area contributed by atoms with Gasteiger partial charge in [-0.25, -0.2) is 9.97 Å². The molecule has 4 nitrogen and oxygen atoms in total. The lowest BCUT2D eigenvalue weighted by molar-refractivity contribution is -0.111. The molecule has 0 saturated carbocycles. The van der Waals surface area contributed by atoms with E-state index in [-0.39, 0.29) is 5.91 Å². The number of anilines is 1. The smallest absolute Gasteiger partial charge is 0.250 e. The van der Waals surface area contributed by atoms with Crippen molar-refractivity contribution >= 4 is 50.0 Å². The first-order valence-electron chi connectivity index (χ1n) is 7.63. The van der Waals surface area contributed by atoms with Crippen LogP contribution in [-0.2, 0) is 4.79 Å². The number of benzene rings is 2. The lowest BCUT2D eigenvalue weighted by Crippen LogP contribution is -2.07. The van der Waals surface area contributed by atoms with Crippen molar-refractivity contribution in [3.8, 4) is 11.3 Å². The molecular weight excluding hydrogens is 350 g/mol. The van der Waals surface area contributed by atoms with E-state index in [4.69, 9.17) is 0 Å². The molecule has 2 aromatic carbocycles. The average Bonchev–Trinajstić information content (AvgIpc) is 3.27. The maximum absolute atomic E-state index is 12.1. The highest BCUT2D eigenvalue weighted by Gasteiger charge is 2.06. The standard InChI is InChI=1S/C19H13N3OS2/c23-17(10-11-18-20-14-8-4-5-9-16(14)25-18)22-19-21-15(12-24-19)13-6-2-1-3-7-13/h1-12H,(H,21,22,23)/b11-10+. The molecule has 2 aromatic heterocycles. The summed E-state index contributed by atoms with van der Waals surface area (Å²) in [4.78, 5) is 21.0. The van der Waals surface area contributed by atoms with E-state index in [0.717, 1.165) is 26.5 Å². The van der Waals surface area contributed by atoms with Crippen molar-refractivity contribution in [2.45, 2.75) is 0 Å². The van der Waals surface area contributed by atoms with Gasteiger partial charge in [-0.3, -0.25) is 10.1 Å². The first-order chi connectivity index (χ1) is 12.3. The highest BCUT2D eigenvalue weighted by Crippen LogP contribution is 2.25. The number of nitrogens with zero attached hydrogens (tertiary/aromatic N) is 2. The first-order valence-corrected chi connectivity index (χ1v) is 9.33. The summed E-state index contributed by atoms with van der Waals surface area (Å²) in [6.45, 7) is 0. The molecule has 0 aliphatic rings. The molecular formula is C19H13N3OS2. The Hall–Kier alpha value is -2.83. The minimum atomic E-state index is -0.215. The Labute approximate surface area is 152 Å². The van der Waals surface area contributed by atoms with Crippen LogP contribution in [0.25, 0.3) is 27.6 Å². The number of nitrogens with one attached hydrogen (secondary N) is 1. The number of hydrogen-bond donors (Lipinski definition) is 1. The third-order valence-electron chi connectivity index (χ3n) is 3.49. The van der Waals surface area contributed by atoms with Gasteiger partial charge in [0.1, 0.15) is 5.01 Å². The molecule has 1 N–H and O–H groups in total. The normalized spacial score (nSPS) is 11.2. The van der Waals surface area contributed by atoms with Crippen LogP contribution < -0.4 is 5.32 Å². The van der Waals surface area contributed by atoms with Gasteiger partial charge in [0.15, 0.2) is 5.13 Å². The summed E-state index contributed by atoms with van der Waals surface area (Å²) in [5.74, 6) is -0.215. The summed E-state index contributed by atoms with van der Waals surface area (Å²) >= 11 is 2.96. The monoisotopic (exact) mass is 363 g/mol. The van der Waals surface area contributed by atoms with Gasteiger partial charge in [0.2, 0.25) is 5.91 Å². The topological polar surface area (TPSA) is 54.9 Å². The Morgan fingerprint density at radius 1 is 1.00 bits per heavy atom. The summed E-state index contributed by atoms with van der Waals surface area (Å²) in [6, 6.07) is 17.8. The number of fused-ring (bicyclic) bond motifs is 1. The predicted octanol–water partition coefficient (Wildman–Crippen LogP) is 5.07. The lowest BCUT2D eigenvalue weighted by atomic mass is 10.2. The third-order valence-corrected chi connectivity index (χ3v) is 5.25. The van der Waals surface area contributed by atoms with Crippen molar-refractivity contribution in [2.75, 3.05) is 5.32 Å². The molecule has 0 atom stereocenters. The molecule has 122 valence electrons. The molecule has 0 aliphatic heterocycles. The number of carbonyl (C=O) groups excluding carboxylic acids is 1. The van der Waals surface area contributed by atoms with Gasteiger partial charge in [-0.15, -0.1) is 22.7 Å². The van der Waals surface area contributed by atoms with E-state index in [2.05, 4.69) is 15.3 Å². The number of carbonyl (C=O) groups is 1. The summed E-state index contributed by atoms with van der Waals surface area (Å²) in [6.07, 6.45) is 3.22. The maximum atomic E-state index is 12.1. The van der Waals surface area contributed by atoms with E-state index in [1.165, 1.54) is 17.4 Å². The Balaban J connectivity index is 1.44. The van der Waals surface area contributed by atoms with Gasteiger partial charge in [-0.2, -0.15) is 0 Å². The van der Waals surface area contributed by atoms with E-state index in [1.807, 2.05) is 60.0 Å². The zero-order valence-corrected chi connectivity index (χ0v) is 14.7. The van der Waals surface area contributed by atoms with E-state index in [9.17, 15) is 4.79 Å². The van der Waals surface area contributed by atoms with Gasteiger partial charge < -0.3 is 0 Å². The van der Waals surface area contributed by atoms with Crippen LogP contribution in [0.15, 0.2) is 66.1 Å². The zero-order valence-electron chi connectivity index (χ0n) is 13.0. The fourth-order valence-electron chi connectivity index (χ4n) is 2.33. The number of aromatic nitrogens is 2. The molecule has 1 amide bonds. The van der Waals surface area contributed by atoms with Crippen molar-refractivity contribution in [1.29, 1.82) is 0 Å². The highest BCUT2D eigenvalue weighted by atomic mass is 32.1. The number of rotatable bonds is 4. The van der Waals surface area contributed by atoms with Crippen LogP contribution in [0, 0.1) is 0 Å². The second-order valence-corrected chi connectivity index (χ2v) is 7.17. The molecule has 0 fully saturated rings. The fraction of sp³-hybridized carbons (Fsp3) is 0. The Morgan fingerprint density at radius 3 is 2.64 bits per heavy atom. The van der Waals surface area contributed by atoms with E-state index in [1.54, 1.807) is 17.4 Å². The average molecular weight is 363 g/mol. The van der Waals surface area contributed by atoms with Crippen molar-refractivity contribution in [3.05, 3.63) is 71.1 Å². The van der Waals surface area contributed by atoms with Gasteiger partial charge in [-0.1, -0.05) is 42.5 Å². The third kappa shape index (κ3) is 3.65. The van der Waals surface area contributed by atoms with Gasteiger partial charge in [-0.05, 0) is 18.2 Å². The van der Waals surface area contributed by atoms with Crippen LogP contribution >= 0.6 is 22.7 Å². The number of hydrogen-bond acceptors (Lipinski definition) is 5. The lowest BCUT2D eigenvalue weighted by Gasteiger charge is -1.96. The van der Waals surface area contributed by atoms with E-state index in [0.29, 0.717) is 5.13 Å². The molecule has 0 unspecified atom stereocenters. The molecule has 0 aliphatic carbocycles. The molecule has 25 heavy (non-hydrogen) atoms. The molecule has 0 bridgehead atoms. The van der Waals surface area contributed by atoms with Crippen LogP contribution in [0.5, 0.6) is 0 Å².